The van der Waals surface area contributed by atoms with Crippen LogP contribution < -0.4 is 9.47 Å². The highest BCUT2D eigenvalue weighted by molar-refractivity contribution is 7.89. The van der Waals surface area contributed by atoms with Gasteiger partial charge in [0, 0.05) is 32.2 Å². The van der Waals surface area contributed by atoms with Gasteiger partial charge in [0.15, 0.2) is 0 Å². The van der Waals surface area contributed by atoms with Crippen molar-refractivity contribution in [3.05, 3.63) is 47.5 Å². The third kappa shape index (κ3) is 4.18. The summed E-state index contributed by atoms with van der Waals surface area (Å²) >= 11 is 0. The fourth-order valence-electron chi connectivity index (χ4n) is 3.50. The molecule has 3 rings (SSSR count). The number of sulfonamides is 2. The number of ether oxygens (including phenoxy) is 2. The summed E-state index contributed by atoms with van der Waals surface area (Å²) < 4.78 is 65.4. The Morgan fingerprint density at radius 1 is 0.733 bits per heavy atom. The van der Waals surface area contributed by atoms with Crippen LogP contribution in [0, 0.1) is 13.8 Å². The van der Waals surface area contributed by atoms with Gasteiger partial charge in [0.25, 0.3) is 0 Å². The van der Waals surface area contributed by atoms with Crippen LogP contribution in [0.5, 0.6) is 11.5 Å². The Balaban J connectivity index is 1.83. The smallest absolute Gasteiger partial charge is 0.246 e. The van der Waals surface area contributed by atoms with E-state index in [1.807, 2.05) is 13.0 Å². The standard InChI is InChI=1S/C20H26N2O6S2/c1-15-5-8-19(16(2)13-15)29(23,24)21-9-11-22(12-10-21)30(25,26)20-14-17(27-3)6-7-18(20)28-4/h5-8,13-14H,9-12H2,1-4H3. The highest BCUT2D eigenvalue weighted by atomic mass is 32.2. The Kier molecular flexibility index (Phi) is 6.42. The van der Waals surface area contributed by atoms with E-state index in [2.05, 4.69) is 0 Å². The zero-order valence-electron chi connectivity index (χ0n) is 17.5. The molecule has 164 valence electrons. The average molecular weight is 455 g/mol. The first-order chi connectivity index (χ1) is 14.1. The summed E-state index contributed by atoms with van der Waals surface area (Å²) in [7, 11) is -4.73. The lowest BCUT2D eigenvalue weighted by Crippen LogP contribution is -2.50. The van der Waals surface area contributed by atoms with Crippen molar-refractivity contribution in [3.8, 4) is 11.5 Å². The van der Waals surface area contributed by atoms with Crippen molar-refractivity contribution in [2.75, 3.05) is 40.4 Å². The van der Waals surface area contributed by atoms with Gasteiger partial charge >= 0.3 is 0 Å². The molecule has 0 atom stereocenters. The number of methoxy groups -OCH3 is 2. The second-order valence-corrected chi connectivity index (χ2v) is 10.9. The molecule has 0 unspecified atom stereocenters. The van der Waals surface area contributed by atoms with Gasteiger partial charge in [-0.05, 0) is 37.6 Å². The molecule has 1 saturated heterocycles. The van der Waals surface area contributed by atoms with Crippen molar-refractivity contribution in [2.45, 2.75) is 23.6 Å². The molecule has 0 aliphatic carbocycles. The van der Waals surface area contributed by atoms with Gasteiger partial charge in [-0.25, -0.2) is 16.8 Å². The van der Waals surface area contributed by atoms with Crippen LogP contribution in [0.4, 0.5) is 0 Å². The van der Waals surface area contributed by atoms with Crippen LogP contribution in [0.25, 0.3) is 0 Å². The monoisotopic (exact) mass is 454 g/mol. The number of hydrogen-bond acceptors (Lipinski definition) is 6. The van der Waals surface area contributed by atoms with E-state index in [0.29, 0.717) is 11.3 Å². The molecule has 0 saturated carbocycles. The van der Waals surface area contributed by atoms with Gasteiger partial charge in [-0.15, -0.1) is 0 Å². The SMILES string of the molecule is COc1ccc(OC)c(S(=O)(=O)N2CCN(S(=O)(=O)c3ccc(C)cc3C)CC2)c1. The molecule has 0 amide bonds. The van der Waals surface area contributed by atoms with E-state index in [4.69, 9.17) is 9.47 Å². The maximum absolute atomic E-state index is 13.2. The molecular formula is C20H26N2O6S2. The molecule has 1 aliphatic rings. The van der Waals surface area contributed by atoms with E-state index in [9.17, 15) is 16.8 Å². The highest BCUT2D eigenvalue weighted by Crippen LogP contribution is 2.31. The summed E-state index contributed by atoms with van der Waals surface area (Å²) in [6.45, 7) is 3.90. The maximum atomic E-state index is 13.2. The molecule has 0 N–H and O–H groups in total. The Morgan fingerprint density at radius 2 is 1.30 bits per heavy atom. The summed E-state index contributed by atoms with van der Waals surface area (Å²) in [5, 5.41) is 0. The summed E-state index contributed by atoms with van der Waals surface area (Å²) in [4.78, 5) is 0.244. The van der Waals surface area contributed by atoms with E-state index in [-0.39, 0.29) is 41.7 Å². The lowest BCUT2D eigenvalue weighted by molar-refractivity contribution is 0.271. The Hall–Kier alpha value is -2.14. The van der Waals surface area contributed by atoms with Crippen molar-refractivity contribution >= 4 is 20.0 Å². The summed E-state index contributed by atoms with van der Waals surface area (Å²) in [5.74, 6) is 0.603. The number of nitrogens with zero attached hydrogens (tertiary/aromatic N) is 2. The molecule has 1 fully saturated rings. The second kappa shape index (κ2) is 8.54. The molecule has 2 aromatic rings. The molecular weight excluding hydrogens is 428 g/mol. The molecule has 10 heteroatoms. The van der Waals surface area contributed by atoms with Crippen molar-refractivity contribution in [1.82, 2.24) is 8.61 Å². The predicted molar refractivity (Wildman–Crippen MR) is 113 cm³/mol. The first kappa shape index (κ1) is 22.5. The van der Waals surface area contributed by atoms with Crippen LogP contribution in [0.2, 0.25) is 0 Å². The average Bonchev–Trinajstić information content (AvgIpc) is 2.73. The Morgan fingerprint density at radius 3 is 1.80 bits per heavy atom. The van der Waals surface area contributed by atoms with E-state index in [1.165, 1.54) is 35.0 Å². The minimum Gasteiger partial charge on any atom is -0.497 e. The van der Waals surface area contributed by atoms with Gasteiger partial charge in [-0.1, -0.05) is 17.7 Å². The molecule has 1 heterocycles. The van der Waals surface area contributed by atoms with Crippen LogP contribution in [0.1, 0.15) is 11.1 Å². The molecule has 8 nitrogen and oxygen atoms in total. The molecule has 1 aliphatic heterocycles. The van der Waals surface area contributed by atoms with Crippen molar-refractivity contribution < 1.29 is 26.3 Å². The fourth-order valence-corrected chi connectivity index (χ4v) is 6.72. The minimum absolute atomic E-state index is 0.00460. The van der Waals surface area contributed by atoms with E-state index in [0.717, 1.165) is 5.56 Å². The van der Waals surface area contributed by atoms with Crippen molar-refractivity contribution in [2.24, 2.45) is 0 Å². The lowest BCUT2D eigenvalue weighted by atomic mass is 10.2. The van der Waals surface area contributed by atoms with Crippen LogP contribution in [0.15, 0.2) is 46.2 Å². The molecule has 0 aromatic heterocycles. The van der Waals surface area contributed by atoms with Gasteiger partial charge in [0.2, 0.25) is 20.0 Å². The van der Waals surface area contributed by atoms with Crippen molar-refractivity contribution in [3.63, 3.8) is 0 Å². The molecule has 0 bridgehead atoms. The first-order valence-electron chi connectivity index (χ1n) is 9.41. The lowest BCUT2D eigenvalue weighted by Gasteiger charge is -2.33. The van der Waals surface area contributed by atoms with Gasteiger partial charge < -0.3 is 9.47 Å². The third-order valence-electron chi connectivity index (χ3n) is 5.13. The van der Waals surface area contributed by atoms with E-state index < -0.39 is 20.0 Å². The molecule has 2 aromatic carbocycles. The zero-order valence-corrected chi connectivity index (χ0v) is 19.1. The van der Waals surface area contributed by atoms with Gasteiger partial charge in [0.1, 0.15) is 16.4 Å². The third-order valence-corrected chi connectivity index (χ3v) is 9.11. The maximum Gasteiger partial charge on any atom is 0.246 e. The highest BCUT2D eigenvalue weighted by Gasteiger charge is 2.35. The first-order valence-corrected chi connectivity index (χ1v) is 12.3. The zero-order chi connectivity index (χ0) is 22.1. The predicted octanol–water partition coefficient (Wildman–Crippen LogP) is 2.02. The molecule has 0 radical (unpaired) electrons. The number of piperazine rings is 1. The van der Waals surface area contributed by atoms with Crippen LogP contribution in [-0.2, 0) is 20.0 Å². The Labute approximate surface area is 178 Å². The minimum atomic E-state index is -3.88. The number of hydrogen-bond donors (Lipinski definition) is 0. The second-order valence-electron chi connectivity index (χ2n) is 7.09. The topological polar surface area (TPSA) is 93.2 Å². The van der Waals surface area contributed by atoms with Gasteiger partial charge in [-0.3, -0.25) is 0 Å². The van der Waals surface area contributed by atoms with Crippen molar-refractivity contribution in [1.29, 1.82) is 0 Å². The van der Waals surface area contributed by atoms with Crippen LogP contribution in [0.3, 0.4) is 0 Å². The molecule has 0 spiro atoms. The normalized spacial score (nSPS) is 16.4. The summed E-state index contributed by atoms with van der Waals surface area (Å²) in [5.41, 5.74) is 1.65. The Bertz CT molecular complexity index is 1140. The summed E-state index contributed by atoms with van der Waals surface area (Å²) in [6.07, 6.45) is 0. The van der Waals surface area contributed by atoms with E-state index >= 15 is 0 Å². The van der Waals surface area contributed by atoms with E-state index in [1.54, 1.807) is 25.1 Å². The molecule has 30 heavy (non-hydrogen) atoms. The van der Waals surface area contributed by atoms with Gasteiger partial charge in [0.05, 0.1) is 19.1 Å². The number of rotatable bonds is 6. The largest absolute Gasteiger partial charge is 0.497 e. The fraction of sp³-hybridized carbons (Fsp3) is 0.400. The number of aryl methyl sites for hydroxylation is 2. The van der Waals surface area contributed by atoms with Crippen LogP contribution >= 0.6 is 0 Å². The number of benzene rings is 2. The van der Waals surface area contributed by atoms with Crippen LogP contribution in [-0.4, -0.2) is 65.8 Å². The van der Waals surface area contributed by atoms with Gasteiger partial charge in [-0.2, -0.15) is 8.61 Å². The summed E-state index contributed by atoms with van der Waals surface area (Å²) in [6, 6.07) is 9.74. The quantitative estimate of drug-likeness (QED) is 0.663.